The molecule has 3 rings (SSSR count). The first-order valence-electron chi connectivity index (χ1n) is 9.19. The standard InChI is InChI=1S/C21H21BrF3N5/c1-30(2)11-10-26-20-28-18(14-6-4-3-5-7-14)13-19(29-20)27-15-8-9-17(22)16(12-15)21(23,24)25/h3-9,12-13H,10-11H2,1-2H3,(H2,26,27,28,29). The van der Waals surface area contributed by atoms with Crippen molar-refractivity contribution in [2.75, 3.05) is 37.8 Å². The molecule has 9 heteroatoms. The lowest BCUT2D eigenvalue weighted by Crippen LogP contribution is -2.21. The minimum absolute atomic E-state index is 0.0146. The molecule has 0 saturated heterocycles. The molecule has 1 heterocycles. The summed E-state index contributed by atoms with van der Waals surface area (Å²) < 4.78 is 39.7. The van der Waals surface area contributed by atoms with E-state index in [9.17, 15) is 13.2 Å². The Labute approximate surface area is 181 Å². The Morgan fingerprint density at radius 2 is 1.73 bits per heavy atom. The Morgan fingerprint density at radius 1 is 1.00 bits per heavy atom. The van der Waals surface area contributed by atoms with Crippen molar-refractivity contribution in [2.45, 2.75) is 6.18 Å². The number of hydrogen-bond acceptors (Lipinski definition) is 5. The van der Waals surface area contributed by atoms with Crippen LogP contribution >= 0.6 is 15.9 Å². The molecule has 2 aromatic carbocycles. The molecule has 0 fully saturated rings. The zero-order chi connectivity index (χ0) is 21.7. The Balaban J connectivity index is 1.93. The molecule has 2 N–H and O–H groups in total. The summed E-state index contributed by atoms with van der Waals surface area (Å²) in [7, 11) is 3.92. The molecule has 3 aromatic rings. The average molecular weight is 480 g/mol. The highest BCUT2D eigenvalue weighted by Gasteiger charge is 2.33. The van der Waals surface area contributed by atoms with Crippen molar-refractivity contribution in [3.05, 3.63) is 64.6 Å². The van der Waals surface area contributed by atoms with Gasteiger partial charge in [-0.15, -0.1) is 0 Å². The van der Waals surface area contributed by atoms with Crippen molar-refractivity contribution >= 4 is 33.4 Å². The summed E-state index contributed by atoms with van der Waals surface area (Å²) in [4.78, 5) is 11.0. The third-order valence-corrected chi connectivity index (χ3v) is 4.87. The first kappa shape index (κ1) is 22.0. The van der Waals surface area contributed by atoms with Crippen molar-refractivity contribution in [3.8, 4) is 11.3 Å². The largest absolute Gasteiger partial charge is 0.417 e. The van der Waals surface area contributed by atoms with Crippen molar-refractivity contribution in [1.29, 1.82) is 0 Å². The predicted molar refractivity (Wildman–Crippen MR) is 117 cm³/mol. The van der Waals surface area contributed by atoms with Gasteiger partial charge in [-0.25, -0.2) is 4.98 Å². The maximum Gasteiger partial charge on any atom is 0.417 e. The molecular formula is C21H21BrF3N5. The van der Waals surface area contributed by atoms with Crippen molar-refractivity contribution in [1.82, 2.24) is 14.9 Å². The second kappa shape index (κ2) is 9.44. The Kier molecular flexibility index (Phi) is 6.94. The van der Waals surface area contributed by atoms with E-state index in [-0.39, 0.29) is 10.2 Å². The van der Waals surface area contributed by atoms with Gasteiger partial charge in [-0.2, -0.15) is 18.2 Å². The Bertz CT molecular complexity index is 994. The summed E-state index contributed by atoms with van der Waals surface area (Å²) in [6.07, 6.45) is -4.46. The van der Waals surface area contributed by atoms with Crippen LogP contribution in [0.1, 0.15) is 5.56 Å². The first-order valence-corrected chi connectivity index (χ1v) is 9.98. The maximum atomic E-state index is 13.2. The Hall–Kier alpha value is -2.65. The van der Waals surface area contributed by atoms with E-state index < -0.39 is 11.7 Å². The van der Waals surface area contributed by atoms with Crippen molar-refractivity contribution in [3.63, 3.8) is 0 Å². The molecule has 0 aliphatic heterocycles. The summed E-state index contributed by atoms with van der Waals surface area (Å²) >= 11 is 2.96. The van der Waals surface area contributed by atoms with E-state index in [2.05, 4.69) is 36.5 Å². The van der Waals surface area contributed by atoms with Crippen LogP contribution in [-0.4, -0.2) is 42.1 Å². The number of halogens is 4. The van der Waals surface area contributed by atoms with Crippen LogP contribution in [-0.2, 0) is 6.18 Å². The highest BCUT2D eigenvalue weighted by Crippen LogP contribution is 2.37. The van der Waals surface area contributed by atoms with E-state index in [1.54, 1.807) is 12.1 Å². The van der Waals surface area contributed by atoms with Gasteiger partial charge in [0, 0.05) is 34.9 Å². The van der Waals surface area contributed by atoms with Crippen LogP contribution in [0.3, 0.4) is 0 Å². The minimum atomic E-state index is -4.46. The quantitative estimate of drug-likeness (QED) is 0.459. The zero-order valence-corrected chi connectivity index (χ0v) is 18.0. The van der Waals surface area contributed by atoms with E-state index >= 15 is 0 Å². The van der Waals surface area contributed by atoms with Crippen LogP contribution in [0.2, 0.25) is 0 Å². The third-order valence-electron chi connectivity index (χ3n) is 4.18. The first-order chi connectivity index (χ1) is 14.2. The molecule has 0 aliphatic carbocycles. The molecule has 0 bridgehead atoms. The fourth-order valence-corrected chi connectivity index (χ4v) is 3.18. The van der Waals surface area contributed by atoms with Gasteiger partial charge in [-0.3, -0.25) is 0 Å². The van der Waals surface area contributed by atoms with E-state index in [1.807, 2.05) is 49.3 Å². The van der Waals surface area contributed by atoms with Gasteiger partial charge in [0.2, 0.25) is 5.95 Å². The van der Waals surface area contributed by atoms with Crippen LogP contribution in [0, 0.1) is 0 Å². The van der Waals surface area contributed by atoms with Crippen LogP contribution in [0.4, 0.5) is 30.6 Å². The number of rotatable bonds is 7. The fraction of sp³-hybridized carbons (Fsp3) is 0.238. The number of nitrogens with one attached hydrogen (secondary N) is 2. The van der Waals surface area contributed by atoms with Gasteiger partial charge in [0.05, 0.1) is 11.3 Å². The van der Waals surface area contributed by atoms with E-state index in [0.717, 1.165) is 18.2 Å². The van der Waals surface area contributed by atoms with Gasteiger partial charge in [0.25, 0.3) is 0 Å². The van der Waals surface area contributed by atoms with Gasteiger partial charge in [-0.1, -0.05) is 46.3 Å². The average Bonchev–Trinajstić information content (AvgIpc) is 2.69. The molecule has 30 heavy (non-hydrogen) atoms. The predicted octanol–water partition coefficient (Wildman–Crippen LogP) is 5.64. The lowest BCUT2D eigenvalue weighted by atomic mass is 10.1. The number of aromatic nitrogens is 2. The molecule has 0 amide bonds. The molecule has 0 spiro atoms. The molecule has 1 aromatic heterocycles. The number of anilines is 3. The summed E-state index contributed by atoms with van der Waals surface area (Å²) in [6.45, 7) is 1.41. The van der Waals surface area contributed by atoms with Gasteiger partial charge in [-0.05, 0) is 32.3 Å². The lowest BCUT2D eigenvalue weighted by molar-refractivity contribution is -0.138. The van der Waals surface area contributed by atoms with E-state index in [0.29, 0.717) is 24.0 Å². The molecule has 0 saturated carbocycles. The normalized spacial score (nSPS) is 11.6. The molecule has 0 aliphatic rings. The second-order valence-electron chi connectivity index (χ2n) is 6.88. The van der Waals surface area contributed by atoms with Crippen molar-refractivity contribution in [2.24, 2.45) is 0 Å². The maximum absolute atomic E-state index is 13.2. The molecular weight excluding hydrogens is 459 g/mol. The summed E-state index contributed by atoms with van der Waals surface area (Å²) in [5.41, 5.74) is 1.07. The van der Waals surface area contributed by atoms with E-state index in [1.165, 1.54) is 6.07 Å². The lowest BCUT2D eigenvalue weighted by Gasteiger charge is -2.15. The zero-order valence-electron chi connectivity index (χ0n) is 16.5. The number of likely N-dealkylation sites (N-methyl/N-ethyl adjacent to an activating group) is 1. The summed E-state index contributed by atoms with van der Waals surface area (Å²) in [5, 5.41) is 6.14. The van der Waals surface area contributed by atoms with Crippen LogP contribution in [0.15, 0.2) is 59.1 Å². The molecule has 158 valence electrons. The van der Waals surface area contributed by atoms with Crippen molar-refractivity contribution < 1.29 is 13.2 Å². The second-order valence-corrected chi connectivity index (χ2v) is 7.73. The number of benzene rings is 2. The molecule has 0 unspecified atom stereocenters. The SMILES string of the molecule is CN(C)CCNc1nc(Nc2ccc(Br)c(C(F)(F)F)c2)cc(-c2ccccc2)n1. The van der Waals surface area contributed by atoms with Gasteiger partial charge < -0.3 is 15.5 Å². The molecule has 0 atom stereocenters. The fourth-order valence-electron chi connectivity index (χ4n) is 2.71. The smallest absolute Gasteiger partial charge is 0.353 e. The third kappa shape index (κ3) is 5.93. The monoisotopic (exact) mass is 479 g/mol. The topological polar surface area (TPSA) is 53.1 Å². The van der Waals surface area contributed by atoms with Gasteiger partial charge in [0.1, 0.15) is 5.82 Å². The molecule has 0 radical (unpaired) electrons. The number of hydrogen-bond donors (Lipinski definition) is 2. The van der Waals surface area contributed by atoms with Crippen LogP contribution in [0.5, 0.6) is 0 Å². The number of alkyl halides is 3. The number of nitrogens with zero attached hydrogens (tertiary/aromatic N) is 3. The summed E-state index contributed by atoms with van der Waals surface area (Å²) in [5.74, 6) is 0.792. The van der Waals surface area contributed by atoms with E-state index in [4.69, 9.17) is 0 Å². The highest BCUT2D eigenvalue weighted by atomic mass is 79.9. The summed E-state index contributed by atoms with van der Waals surface area (Å²) in [6, 6.07) is 15.2. The van der Waals surface area contributed by atoms with Gasteiger partial charge in [0.15, 0.2) is 0 Å². The minimum Gasteiger partial charge on any atom is -0.353 e. The molecule has 5 nitrogen and oxygen atoms in total. The van der Waals surface area contributed by atoms with Gasteiger partial charge >= 0.3 is 6.18 Å². The van der Waals surface area contributed by atoms with Crippen LogP contribution in [0.25, 0.3) is 11.3 Å². The van der Waals surface area contributed by atoms with Crippen LogP contribution < -0.4 is 10.6 Å². The Morgan fingerprint density at radius 3 is 2.40 bits per heavy atom. The highest BCUT2D eigenvalue weighted by molar-refractivity contribution is 9.10.